The van der Waals surface area contributed by atoms with Gasteiger partial charge in [-0.15, -0.1) is 0 Å². The van der Waals surface area contributed by atoms with Crippen LogP contribution in [-0.2, 0) is 11.2 Å². The van der Waals surface area contributed by atoms with E-state index in [1.54, 1.807) is 0 Å². The Morgan fingerprint density at radius 1 is 0.800 bits per heavy atom. The Labute approximate surface area is 155 Å². The first-order valence-corrected chi connectivity index (χ1v) is 10.2. The van der Waals surface area contributed by atoms with Crippen LogP contribution in [0.4, 0.5) is 0 Å². The Morgan fingerprint density at radius 3 is 2.16 bits per heavy atom. The molecule has 0 aromatic heterocycles. The van der Waals surface area contributed by atoms with E-state index in [1.807, 2.05) is 0 Å². The van der Waals surface area contributed by atoms with Crippen molar-refractivity contribution in [3.63, 3.8) is 0 Å². The average molecular weight is 351 g/mol. The number of nitrogens with zero attached hydrogens (tertiary/aromatic N) is 1. The molecule has 3 heteroatoms. The van der Waals surface area contributed by atoms with Crippen molar-refractivity contribution in [2.75, 3.05) is 47.0 Å². The van der Waals surface area contributed by atoms with Gasteiger partial charge in [-0.25, -0.2) is 0 Å². The van der Waals surface area contributed by atoms with E-state index in [0.29, 0.717) is 13.2 Å². The van der Waals surface area contributed by atoms with E-state index >= 15 is 0 Å². The summed E-state index contributed by atoms with van der Waals surface area (Å²) in [7, 11) is 4.46. The molecule has 0 heterocycles. The zero-order valence-electron chi connectivity index (χ0n) is 17.1. The summed E-state index contributed by atoms with van der Waals surface area (Å²) in [6, 6.07) is 8.57. The second-order valence-corrected chi connectivity index (χ2v) is 7.60. The number of benzene rings is 1. The number of unbranched alkanes of at least 4 members (excludes halogenated alkanes) is 5. The van der Waals surface area contributed by atoms with Crippen molar-refractivity contribution in [2.45, 2.75) is 58.8 Å². The van der Waals surface area contributed by atoms with Crippen LogP contribution < -0.4 is 4.74 Å². The molecule has 0 fully saturated rings. The second-order valence-electron chi connectivity index (χ2n) is 7.60. The highest BCUT2D eigenvalue weighted by atomic mass is 16.5. The first kappa shape index (κ1) is 22.0. The van der Waals surface area contributed by atoms with Gasteiger partial charge in [0, 0.05) is 0 Å². The minimum atomic E-state index is 0.621. The first-order valence-electron chi connectivity index (χ1n) is 10.2. The zero-order chi connectivity index (χ0) is 18.4. The first-order chi connectivity index (χ1) is 12.1. The molecule has 0 radical (unpaired) electrons. The lowest BCUT2D eigenvalue weighted by molar-refractivity contribution is -0.888. The van der Waals surface area contributed by atoms with Crippen LogP contribution in [0.3, 0.4) is 0 Å². The zero-order valence-corrected chi connectivity index (χ0v) is 17.1. The Bertz CT molecular complexity index is 428. The molecule has 0 amide bonds. The Kier molecular flexibility index (Phi) is 11.6. The third-order valence-corrected chi connectivity index (χ3v) is 4.94. The van der Waals surface area contributed by atoms with E-state index in [-0.39, 0.29) is 0 Å². The molecule has 0 bridgehead atoms. The summed E-state index contributed by atoms with van der Waals surface area (Å²) < 4.78 is 12.4. The number of hydrogen-bond donors (Lipinski definition) is 0. The van der Waals surface area contributed by atoms with Gasteiger partial charge in [-0.1, -0.05) is 51.2 Å². The van der Waals surface area contributed by atoms with Crippen molar-refractivity contribution in [2.24, 2.45) is 0 Å². The fourth-order valence-corrected chi connectivity index (χ4v) is 2.65. The normalized spacial score (nSPS) is 11.7. The highest BCUT2D eigenvalue weighted by Gasteiger charge is 2.10. The third-order valence-electron chi connectivity index (χ3n) is 4.94. The summed E-state index contributed by atoms with van der Waals surface area (Å²) in [6.45, 7) is 8.72. The fraction of sp³-hybridized carbons (Fsp3) is 0.727. The molecule has 0 saturated carbocycles. The van der Waals surface area contributed by atoms with Crippen molar-refractivity contribution in [1.29, 1.82) is 0 Å². The van der Waals surface area contributed by atoms with Crippen LogP contribution in [0.25, 0.3) is 0 Å². The molecule has 0 atom stereocenters. The minimum Gasteiger partial charge on any atom is -0.491 e. The maximum Gasteiger partial charge on any atom is 0.119 e. The molecule has 0 aliphatic rings. The molecule has 1 aromatic rings. The number of hydrogen-bond acceptors (Lipinski definition) is 2. The fourth-order valence-electron chi connectivity index (χ4n) is 2.65. The number of rotatable bonds is 15. The molecule has 0 unspecified atom stereocenters. The van der Waals surface area contributed by atoms with E-state index in [1.165, 1.54) is 50.5 Å². The van der Waals surface area contributed by atoms with Crippen LogP contribution in [0.2, 0.25) is 0 Å². The van der Waals surface area contributed by atoms with Gasteiger partial charge in [0.1, 0.15) is 18.9 Å². The molecular weight excluding hydrogens is 310 g/mol. The van der Waals surface area contributed by atoms with E-state index in [4.69, 9.17) is 9.47 Å². The van der Waals surface area contributed by atoms with Crippen LogP contribution in [0.5, 0.6) is 5.75 Å². The topological polar surface area (TPSA) is 18.5 Å². The lowest BCUT2D eigenvalue weighted by Crippen LogP contribution is -2.42. The van der Waals surface area contributed by atoms with E-state index in [0.717, 1.165) is 29.9 Å². The van der Waals surface area contributed by atoms with Gasteiger partial charge in [-0.3, -0.25) is 0 Å². The maximum absolute atomic E-state index is 5.76. The van der Waals surface area contributed by atoms with Crippen LogP contribution in [0.1, 0.15) is 57.9 Å². The van der Waals surface area contributed by atoms with E-state index in [9.17, 15) is 0 Å². The quantitative estimate of drug-likeness (QED) is 0.324. The maximum atomic E-state index is 5.76. The molecule has 1 rings (SSSR count). The predicted molar refractivity (Wildman–Crippen MR) is 107 cm³/mol. The van der Waals surface area contributed by atoms with Crippen LogP contribution in [0, 0.1) is 0 Å². The Balaban J connectivity index is 2.08. The second kappa shape index (κ2) is 13.2. The summed E-state index contributed by atoms with van der Waals surface area (Å²) >= 11 is 0. The Morgan fingerprint density at radius 2 is 1.48 bits per heavy atom. The summed E-state index contributed by atoms with van der Waals surface area (Å²) in [5, 5.41) is 0. The smallest absolute Gasteiger partial charge is 0.119 e. The van der Waals surface area contributed by atoms with Gasteiger partial charge < -0.3 is 14.0 Å². The summed E-state index contributed by atoms with van der Waals surface area (Å²) in [5.74, 6) is 0.944. The van der Waals surface area contributed by atoms with Crippen molar-refractivity contribution >= 4 is 0 Å². The molecule has 1 aromatic carbocycles. The van der Waals surface area contributed by atoms with Crippen LogP contribution in [0.15, 0.2) is 24.3 Å². The van der Waals surface area contributed by atoms with Crippen molar-refractivity contribution in [3.8, 4) is 5.75 Å². The molecule has 0 spiro atoms. The molecule has 25 heavy (non-hydrogen) atoms. The molecule has 0 aliphatic carbocycles. The lowest BCUT2D eigenvalue weighted by Gasteiger charge is -2.27. The van der Waals surface area contributed by atoms with Crippen LogP contribution >= 0.6 is 0 Å². The summed E-state index contributed by atoms with van der Waals surface area (Å²) in [6.07, 6.45) is 9.30. The minimum absolute atomic E-state index is 0.621. The SMILES string of the molecule is CCCCCCCCc1ccc(OCCOCC[N+](C)(C)CC)cc1. The molecule has 0 N–H and O–H groups in total. The van der Waals surface area contributed by atoms with Gasteiger partial charge in [0.2, 0.25) is 0 Å². The number of likely N-dealkylation sites (N-methyl/N-ethyl adjacent to an activating group) is 1. The molecule has 0 aliphatic heterocycles. The standard InChI is InChI=1S/C22H40NO2/c1-5-7-8-9-10-11-12-21-13-15-22(16-14-21)25-20-19-24-18-17-23(3,4)6-2/h13-16H,5-12,17-20H2,1-4H3/q+1. The van der Waals surface area contributed by atoms with Crippen molar-refractivity contribution in [1.82, 2.24) is 0 Å². The van der Waals surface area contributed by atoms with Crippen molar-refractivity contribution < 1.29 is 14.0 Å². The summed E-state index contributed by atoms with van der Waals surface area (Å²) in [5.41, 5.74) is 1.42. The molecule has 144 valence electrons. The van der Waals surface area contributed by atoms with Crippen molar-refractivity contribution in [3.05, 3.63) is 29.8 Å². The number of ether oxygens (including phenoxy) is 2. The van der Waals surface area contributed by atoms with E-state index in [2.05, 4.69) is 52.2 Å². The van der Waals surface area contributed by atoms with E-state index < -0.39 is 0 Å². The van der Waals surface area contributed by atoms with Gasteiger partial charge in [-0.05, 0) is 37.5 Å². The van der Waals surface area contributed by atoms with Gasteiger partial charge in [0.15, 0.2) is 0 Å². The summed E-state index contributed by atoms with van der Waals surface area (Å²) in [4.78, 5) is 0. The predicted octanol–water partition coefficient (Wildman–Crippen LogP) is 5.08. The largest absolute Gasteiger partial charge is 0.491 e. The highest BCUT2D eigenvalue weighted by molar-refractivity contribution is 5.27. The molecule has 3 nitrogen and oxygen atoms in total. The van der Waals surface area contributed by atoms with Gasteiger partial charge in [-0.2, -0.15) is 0 Å². The van der Waals surface area contributed by atoms with Gasteiger partial charge in [0.05, 0.1) is 33.9 Å². The molecule has 0 saturated heterocycles. The number of aryl methyl sites for hydroxylation is 1. The number of quaternary nitrogens is 1. The Hall–Kier alpha value is -1.06. The lowest BCUT2D eigenvalue weighted by atomic mass is 10.0. The van der Waals surface area contributed by atoms with Crippen LogP contribution in [-0.4, -0.2) is 51.5 Å². The highest BCUT2D eigenvalue weighted by Crippen LogP contribution is 2.15. The average Bonchev–Trinajstić information content (AvgIpc) is 2.62. The van der Waals surface area contributed by atoms with Gasteiger partial charge in [0.25, 0.3) is 0 Å². The van der Waals surface area contributed by atoms with Gasteiger partial charge >= 0.3 is 0 Å². The monoisotopic (exact) mass is 350 g/mol. The molecular formula is C22H40NO2+. The third kappa shape index (κ3) is 11.2.